The monoisotopic (exact) mass is 209 g/mol. The summed E-state index contributed by atoms with van der Waals surface area (Å²) in [4.78, 5) is 11.4. The van der Waals surface area contributed by atoms with E-state index in [4.69, 9.17) is 5.73 Å². The van der Waals surface area contributed by atoms with Crippen LogP contribution >= 0.6 is 0 Å². The molecule has 0 aromatic carbocycles. The van der Waals surface area contributed by atoms with E-state index in [1.807, 2.05) is 0 Å². The number of carbonyl (C=O) groups excluding carboxylic acids is 1. The lowest BCUT2D eigenvalue weighted by atomic mass is 9.66. The Bertz CT molecular complexity index is 213. The van der Waals surface area contributed by atoms with E-state index >= 15 is 0 Å². The van der Waals surface area contributed by atoms with Crippen molar-refractivity contribution in [3.05, 3.63) is 0 Å². The van der Waals surface area contributed by atoms with E-state index < -0.39 is 29.8 Å². The fraction of sp³-hybridized carbons (Fsp3) is 0.889. The average molecular weight is 209 g/mol. The van der Waals surface area contributed by atoms with Gasteiger partial charge in [0.2, 0.25) is 0 Å². The van der Waals surface area contributed by atoms with Gasteiger partial charge in [-0.25, -0.2) is 8.78 Å². The molecule has 0 aliphatic rings. The number of alkyl halides is 2. The fourth-order valence-electron chi connectivity index (χ4n) is 1.38. The maximum absolute atomic E-state index is 12.9. The Kier molecular flexibility index (Phi) is 4.00. The van der Waals surface area contributed by atoms with Crippen molar-refractivity contribution in [2.75, 3.05) is 13.7 Å². The van der Waals surface area contributed by atoms with Gasteiger partial charge in [0, 0.05) is 6.54 Å². The third-order valence-corrected chi connectivity index (χ3v) is 2.58. The SMILES string of the molecule is COC(=O)C(CN)(C(F)F)C(C)(C)C. The minimum absolute atomic E-state index is 0.430. The zero-order valence-corrected chi connectivity index (χ0v) is 8.93. The minimum Gasteiger partial charge on any atom is -0.468 e. The van der Waals surface area contributed by atoms with Crippen molar-refractivity contribution in [1.82, 2.24) is 0 Å². The summed E-state index contributed by atoms with van der Waals surface area (Å²) < 4.78 is 30.2. The molecule has 0 aromatic heterocycles. The lowest BCUT2D eigenvalue weighted by Gasteiger charge is -2.40. The van der Waals surface area contributed by atoms with E-state index in [-0.39, 0.29) is 0 Å². The molecule has 1 atom stereocenters. The Balaban J connectivity index is 5.32. The molecule has 3 nitrogen and oxygen atoms in total. The summed E-state index contributed by atoms with van der Waals surface area (Å²) in [5.74, 6) is -0.956. The topological polar surface area (TPSA) is 52.3 Å². The lowest BCUT2D eigenvalue weighted by molar-refractivity contribution is -0.175. The van der Waals surface area contributed by atoms with Crippen LogP contribution in [0.1, 0.15) is 20.8 Å². The molecular weight excluding hydrogens is 192 g/mol. The van der Waals surface area contributed by atoms with Gasteiger partial charge < -0.3 is 10.5 Å². The molecular formula is C9H17F2NO2. The van der Waals surface area contributed by atoms with Gasteiger partial charge in [-0.15, -0.1) is 0 Å². The Morgan fingerprint density at radius 3 is 1.93 bits per heavy atom. The molecule has 2 N–H and O–H groups in total. The van der Waals surface area contributed by atoms with Gasteiger partial charge in [0.15, 0.2) is 0 Å². The van der Waals surface area contributed by atoms with Crippen molar-refractivity contribution in [2.45, 2.75) is 27.2 Å². The van der Waals surface area contributed by atoms with Crippen molar-refractivity contribution in [3.63, 3.8) is 0 Å². The van der Waals surface area contributed by atoms with Crippen LogP contribution in [0.3, 0.4) is 0 Å². The fourth-order valence-corrected chi connectivity index (χ4v) is 1.38. The third-order valence-electron chi connectivity index (χ3n) is 2.58. The molecule has 0 bridgehead atoms. The van der Waals surface area contributed by atoms with E-state index in [2.05, 4.69) is 4.74 Å². The molecule has 0 aromatic rings. The highest BCUT2D eigenvalue weighted by atomic mass is 19.3. The third kappa shape index (κ3) is 1.87. The van der Waals surface area contributed by atoms with Crippen LogP contribution in [0.2, 0.25) is 0 Å². The number of halogens is 2. The van der Waals surface area contributed by atoms with Gasteiger partial charge in [0.1, 0.15) is 5.41 Å². The first-order chi connectivity index (χ1) is 6.24. The summed E-state index contributed by atoms with van der Waals surface area (Å²) in [6.07, 6.45) is -2.83. The second-order valence-corrected chi connectivity index (χ2v) is 4.22. The Morgan fingerprint density at radius 2 is 1.86 bits per heavy atom. The maximum Gasteiger partial charge on any atom is 0.319 e. The number of esters is 1. The van der Waals surface area contributed by atoms with Crippen molar-refractivity contribution in [1.29, 1.82) is 0 Å². The van der Waals surface area contributed by atoms with E-state index in [9.17, 15) is 13.6 Å². The summed E-state index contributed by atoms with van der Waals surface area (Å²) in [5.41, 5.74) is 2.42. The van der Waals surface area contributed by atoms with Crippen molar-refractivity contribution in [3.8, 4) is 0 Å². The van der Waals surface area contributed by atoms with Crippen molar-refractivity contribution < 1.29 is 18.3 Å². The summed E-state index contributed by atoms with van der Waals surface area (Å²) >= 11 is 0. The molecule has 1 unspecified atom stereocenters. The lowest BCUT2D eigenvalue weighted by Crippen LogP contribution is -2.54. The van der Waals surface area contributed by atoms with Gasteiger partial charge in [-0.1, -0.05) is 20.8 Å². The molecule has 84 valence electrons. The Morgan fingerprint density at radius 1 is 1.43 bits per heavy atom. The smallest absolute Gasteiger partial charge is 0.319 e. The molecule has 0 amide bonds. The molecule has 0 fully saturated rings. The second kappa shape index (κ2) is 4.21. The largest absolute Gasteiger partial charge is 0.468 e. The Hall–Kier alpha value is -0.710. The summed E-state index contributed by atoms with van der Waals surface area (Å²) in [5, 5.41) is 0. The van der Waals surface area contributed by atoms with E-state index in [1.165, 1.54) is 0 Å². The van der Waals surface area contributed by atoms with Crippen LogP contribution < -0.4 is 5.73 Å². The maximum atomic E-state index is 12.9. The zero-order valence-electron chi connectivity index (χ0n) is 8.93. The van der Waals surface area contributed by atoms with Crippen LogP contribution in [0.25, 0.3) is 0 Å². The first-order valence-electron chi connectivity index (χ1n) is 4.30. The normalized spacial score (nSPS) is 16.6. The average Bonchev–Trinajstić information content (AvgIpc) is 2.02. The van der Waals surface area contributed by atoms with Crippen LogP contribution in [0, 0.1) is 10.8 Å². The Labute approximate surface area is 82.6 Å². The molecule has 0 saturated heterocycles. The molecule has 0 heterocycles. The highest BCUT2D eigenvalue weighted by molar-refractivity contribution is 5.78. The van der Waals surface area contributed by atoms with Crippen LogP contribution in [0.4, 0.5) is 8.78 Å². The molecule has 0 aliphatic heterocycles. The second-order valence-electron chi connectivity index (χ2n) is 4.22. The molecule has 0 spiro atoms. The van der Waals surface area contributed by atoms with Gasteiger partial charge in [0.05, 0.1) is 7.11 Å². The van der Waals surface area contributed by atoms with Crippen molar-refractivity contribution in [2.24, 2.45) is 16.6 Å². The first-order valence-corrected chi connectivity index (χ1v) is 4.30. The van der Waals surface area contributed by atoms with Gasteiger partial charge >= 0.3 is 5.97 Å². The number of hydrogen-bond donors (Lipinski definition) is 1. The van der Waals surface area contributed by atoms with Gasteiger partial charge in [-0.3, -0.25) is 4.79 Å². The number of hydrogen-bond acceptors (Lipinski definition) is 3. The van der Waals surface area contributed by atoms with Crippen LogP contribution in [-0.4, -0.2) is 26.0 Å². The van der Waals surface area contributed by atoms with Crippen LogP contribution in [-0.2, 0) is 9.53 Å². The van der Waals surface area contributed by atoms with Crippen LogP contribution in [0.5, 0.6) is 0 Å². The zero-order chi connectivity index (χ0) is 11.6. The predicted molar refractivity (Wildman–Crippen MR) is 49.0 cm³/mol. The standard InChI is InChI=1S/C9H17F2NO2/c1-8(2,3)9(5-12,6(10)11)7(13)14-4/h6H,5,12H2,1-4H3. The van der Waals surface area contributed by atoms with Crippen molar-refractivity contribution >= 4 is 5.97 Å². The molecule has 5 heteroatoms. The highest BCUT2D eigenvalue weighted by Crippen LogP contribution is 2.43. The predicted octanol–water partition coefficient (Wildman–Crippen LogP) is 1.42. The number of nitrogens with two attached hydrogens (primary N) is 1. The summed E-state index contributed by atoms with van der Waals surface area (Å²) in [6.45, 7) is 4.20. The summed E-state index contributed by atoms with van der Waals surface area (Å²) in [6, 6.07) is 0. The highest BCUT2D eigenvalue weighted by Gasteiger charge is 2.55. The molecule has 0 aliphatic carbocycles. The molecule has 0 saturated carbocycles. The number of rotatable bonds is 3. The minimum atomic E-state index is -2.83. The number of methoxy groups -OCH3 is 1. The molecule has 0 rings (SSSR count). The first kappa shape index (κ1) is 13.3. The summed E-state index contributed by atoms with van der Waals surface area (Å²) in [7, 11) is 1.08. The van der Waals surface area contributed by atoms with Crippen LogP contribution in [0.15, 0.2) is 0 Å². The van der Waals surface area contributed by atoms with Gasteiger partial charge in [0.25, 0.3) is 6.43 Å². The van der Waals surface area contributed by atoms with Gasteiger partial charge in [-0.05, 0) is 5.41 Å². The quantitative estimate of drug-likeness (QED) is 0.715. The molecule has 0 radical (unpaired) electrons. The van der Waals surface area contributed by atoms with E-state index in [0.717, 1.165) is 7.11 Å². The van der Waals surface area contributed by atoms with Gasteiger partial charge in [-0.2, -0.15) is 0 Å². The molecule has 14 heavy (non-hydrogen) atoms. The number of ether oxygens (including phenoxy) is 1. The van der Waals surface area contributed by atoms with E-state index in [1.54, 1.807) is 20.8 Å². The number of carbonyl (C=O) groups is 1. The van der Waals surface area contributed by atoms with E-state index in [0.29, 0.717) is 0 Å².